The lowest BCUT2D eigenvalue weighted by Gasteiger charge is -2.26. The molecule has 1 N–H and O–H groups in total. The molecule has 1 amide bonds. The molecular formula is C14H21NO3. The fourth-order valence-electron chi connectivity index (χ4n) is 1.49. The molecule has 100 valence electrons. The zero-order valence-electron chi connectivity index (χ0n) is 11.2. The largest absolute Gasteiger partial charge is 0.394 e. The van der Waals surface area contributed by atoms with Crippen molar-refractivity contribution in [3.05, 3.63) is 35.9 Å². The quantitative estimate of drug-likeness (QED) is 0.832. The molecule has 0 aliphatic rings. The zero-order valence-corrected chi connectivity index (χ0v) is 11.2. The molecule has 0 radical (unpaired) electrons. The molecule has 4 heteroatoms. The Morgan fingerprint density at radius 3 is 2.50 bits per heavy atom. The summed E-state index contributed by atoms with van der Waals surface area (Å²) in [6.07, 6.45) is -0.510. The van der Waals surface area contributed by atoms with Crippen LogP contribution in [0.3, 0.4) is 0 Å². The van der Waals surface area contributed by atoms with Crippen LogP contribution in [0.2, 0.25) is 0 Å². The Labute approximate surface area is 108 Å². The van der Waals surface area contributed by atoms with E-state index in [0.717, 1.165) is 5.56 Å². The number of carbonyl (C=O) groups excluding carboxylic acids is 1. The maximum absolute atomic E-state index is 12.0. The number of hydrogen-bond donors (Lipinski definition) is 1. The van der Waals surface area contributed by atoms with Crippen molar-refractivity contribution in [2.75, 3.05) is 13.7 Å². The summed E-state index contributed by atoms with van der Waals surface area (Å²) in [5.74, 6) is -0.118. The number of aliphatic hydroxyl groups excluding tert-OH is 1. The number of nitrogens with zero attached hydrogens (tertiary/aromatic N) is 1. The SMILES string of the molecule is CC(OCc1ccccc1)C(=O)N(C)C(C)CO. The van der Waals surface area contributed by atoms with E-state index in [1.165, 1.54) is 4.90 Å². The number of benzene rings is 1. The maximum atomic E-state index is 12.0. The molecule has 2 atom stereocenters. The van der Waals surface area contributed by atoms with Crippen molar-refractivity contribution in [3.8, 4) is 0 Å². The number of hydrogen-bond acceptors (Lipinski definition) is 3. The molecule has 18 heavy (non-hydrogen) atoms. The molecule has 0 heterocycles. The average molecular weight is 251 g/mol. The Balaban J connectivity index is 2.45. The predicted molar refractivity (Wildman–Crippen MR) is 70.0 cm³/mol. The number of ether oxygens (including phenoxy) is 1. The Morgan fingerprint density at radius 1 is 1.33 bits per heavy atom. The summed E-state index contributed by atoms with van der Waals surface area (Å²) in [5.41, 5.74) is 1.04. The van der Waals surface area contributed by atoms with Gasteiger partial charge >= 0.3 is 0 Å². The van der Waals surface area contributed by atoms with Crippen LogP contribution in [0.5, 0.6) is 0 Å². The first-order chi connectivity index (χ1) is 8.56. The summed E-state index contributed by atoms with van der Waals surface area (Å²) in [5, 5.41) is 9.01. The van der Waals surface area contributed by atoms with E-state index in [9.17, 15) is 4.79 Å². The topological polar surface area (TPSA) is 49.8 Å². The molecule has 0 spiro atoms. The third kappa shape index (κ3) is 4.13. The van der Waals surface area contributed by atoms with Crippen molar-refractivity contribution < 1.29 is 14.6 Å². The van der Waals surface area contributed by atoms with E-state index < -0.39 is 6.10 Å². The van der Waals surface area contributed by atoms with Gasteiger partial charge < -0.3 is 14.7 Å². The molecule has 0 aliphatic heterocycles. The van der Waals surface area contributed by atoms with Crippen molar-refractivity contribution in [2.45, 2.75) is 32.6 Å². The molecule has 2 unspecified atom stereocenters. The highest BCUT2D eigenvalue weighted by Gasteiger charge is 2.21. The molecule has 0 saturated carbocycles. The van der Waals surface area contributed by atoms with E-state index >= 15 is 0 Å². The molecule has 4 nitrogen and oxygen atoms in total. The van der Waals surface area contributed by atoms with Crippen LogP contribution in [-0.4, -0.2) is 41.7 Å². The first kappa shape index (κ1) is 14.7. The third-order valence-electron chi connectivity index (χ3n) is 2.96. The van der Waals surface area contributed by atoms with Gasteiger partial charge in [0.15, 0.2) is 0 Å². The normalized spacial score (nSPS) is 14.0. The van der Waals surface area contributed by atoms with Crippen LogP contribution in [0.15, 0.2) is 30.3 Å². The zero-order chi connectivity index (χ0) is 13.5. The first-order valence-electron chi connectivity index (χ1n) is 6.09. The molecule has 0 saturated heterocycles. The van der Waals surface area contributed by atoms with Crippen LogP contribution in [0.4, 0.5) is 0 Å². The highest BCUT2D eigenvalue weighted by molar-refractivity contribution is 5.80. The van der Waals surface area contributed by atoms with Gasteiger partial charge in [-0.3, -0.25) is 4.79 Å². The van der Waals surface area contributed by atoms with Gasteiger partial charge in [0.05, 0.1) is 19.3 Å². The van der Waals surface area contributed by atoms with Gasteiger partial charge in [0.25, 0.3) is 5.91 Å². The second-order valence-corrected chi connectivity index (χ2v) is 4.42. The lowest BCUT2D eigenvalue weighted by atomic mass is 10.2. The number of amides is 1. The third-order valence-corrected chi connectivity index (χ3v) is 2.96. The van der Waals surface area contributed by atoms with Gasteiger partial charge in [-0.05, 0) is 19.4 Å². The minimum Gasteiger partial charge on any atom is -0.394 e. The van der Waals surface area contributed by atoms with Gasteiger partial charge in [0, 0.05) is 7.05 Å². The van der Waals surface area contributed by atoms with Gasteiger partial charge in [-0.25, -0.2) is 0 Å². The van der Waals surface area contributed by atoms with Crippen LogP contribution in [0, 0.1) is 0 Å². The summed E-state index contributed by atoms with van der Waals surface area (Å²) in [6, 6.07) is 9.53. The van der Waals surface area contributed by atoms with E-state index in [1.807, 2.05) is 30.3 Å². The minimum absolute atomic E-state index is 0.0480. The molecule has 0 aliphatic carbocycles. The van der Waals surface area contributed by atoms with Crippen molar-refractivity contribution in [1.29, 1.82) is 0 Å². The van der Waals surface area contributed by atoms with Gasteiger partial charge in [-0.2, -0.15) is 0 Å². The molecular weight excluding hydrogens is 230 g/mol. The number of aliphatic hydroxyl groups is 1. The van der Waals surface area contributed by atoms with Crippen molar-refractivity contribution in [3.63, 3.8) is 0 Å². The Bertz CT molecular complexity index is 367. The van der Waals surface area contributed by atoms with Crippen LogP contribution in [0.25, 0.3) is 0 Å². The lowest BCUT2D eigenvalue weighted by molar-refractivity contribution is -0.144. The predicted octanol–water partition coefficient (Wildman–Crippen LogP) is 1.43. The Hall–Kier alpha value is -1.39. The summed E-state index contributed by atoms with van der Waals surface area (Å²) in [7, 11) is 1.67. The highest BCUT2D eigenvalue weighted by atomic mass is 16.5. The van der Waals surface area contributed by atoms with Crippen molar-refractivity contribution in [1.82, 2.24) is 4.90 Å². The lowest BCUT2D eigenvalue weighted by Crippen LogP contribution is -2.43. The van der Waals surface area contributed by atoms with Gasteiger partial charge in [-0.15, -0.1) is 0 Å². The second-order valence-electron chi connectivity index (χ2n) is 4.42. The first-order valence-corrected chi connectivity index (χ1v) is 6.09. The number of carbonyl (C=O) groups is 1. The van der Waals surface area contributed by atoms with Gasteiger partial charge in [0.1, 0.15) is 6.10 Å². The van der Waals surface area contributed by atoms with Crippen LogP contribution in [-0.2, 0) is 16.1 Å². The average Bonchev–Trinajstić information content (AvgIpc) is 2.43. The minimum atomic E-state index is -0.510. The summed E-state index contributed by atoms with van der Waals surface area (Å²) in [6.45, 7) is 3.89. The molecule has 1 rings (SSSR count). The summed E-state index contributed by atoms with van der Waals surface area (Å²) < 4.78 is 5.53. The summed E-state index contributed by atoms with van der Waals surface area (Å²) >= 11 is 0. The Morgan fingerprint density at radius 2 is 1.94 bits per heavy atom. The van der Waals surface area contributed by atoms with Gasteiger partial charge in [0.2, 0.25) is 0 Å². The molecule has 1 aromatic carbocycles. The van der Waals surface area contributed by atoms with Crippen molar-refractivity contribution in [2.24, 2.45) is 0 Å². The fraction of sp³-hybridized carbons (Fsp3) is 0.500. The molecule has 0 fully saturated rings. The standard InChI is InChI=1S/C14H21NO3/c1-11(9-16)15(3)14(17)12(2)18-10-13-7-5-4-6-8-13/h4-8,11-12,16H,9-10H2,1-3H3. The van der Waals surface area contributed by atoms with Crippen LogP contribution in [0.1, 0.15) is 19.4 Å². The van der Waals surface area contributed by atoms with E-state index in [-0.39, 0.29) is 18.6 Å². The van der Waals surface area contributed by atoms with E-state index in [4.69, 9.17) is 9.84 Å². The fourth-order valence-corrected chi connectivity index (χ4v) is 1.49. The van der Waals surface area contributed by atoms with Crippen molar-refractivity contribution >= 4 is 5.91 Å². The maximum Gasteiger partial charge on any atom is 0.251 e. The number of likely N-dealkylation sites (N-methyl/N-ethyl adjacent to an activating group) is 1. The second kappa shape index (κ2) is 7.13. The van der Waals surface area contributed by atoms with Crippen LogP contribution >= 0.6 is 0 Å². The van der Waals surface area contributed by atoms with Gasteiger partial charge in [-0.1, -0.05) is 30.3 Å². The monoisotopic (exact) mass is 251 g/mol. The van der Waals surface area contributed by atoms with E-state index in [1.54, 1.807) is 20.9 Å². The van der Waals surface area contributed by atoms with Crippen LogP contribution < -0.4 is 0 Å². The summed E-state index contributed by atoms with van der Waals surface area (Å²) in [4.78, 5) is 13.5. The Kier molecular flexibility index (Phi) is 5.82. The number of rotatable bonds is 6. The molecule has 1 aromatic rings. The highest BCUT2D eigenvalue weighted by Crippen LogP contribution is 2.06. The molecule has 0 aromatic heterocycles. The molecule has 0 bridgehead atoms. The smallest absolute Gasteiger partial charge is 0.251 e. The van der Waals surface area contributed by atoms with E-state index in [2.05, 4.69) is 0 Å². The van der Waals surface area contributed by atoms with E-state index in [0.29, 0.717) is 6.61 Å².